The minimum atomic E-state index is -3.59. The monoisotopic (exact) mass is 330 g/mol. The molecule has 0 aliphatic carbocycles. The molecule has 1 atom stereocenters. The van der Waals surface area contributed by atoms with Gasteiger partial charge in [-0.3, -0.25) is 4.68 Å². The van der Waals surface area contributed by atoms with E-state index in [2.05, 4.69) is 9.82 Å². The van der Waals surface area contributed by atoms with E-state index in [0.717, 1.165) is 5.56 Å². The van der Waals surface area contributed by atoms with Crippen LogP contribution in [-0.2, 0) is 16.6 Å². The summed E-state index contributed by atoms with van der Waals surface area (Å²) in [5.41, 5.74) is 6.86. The van der Waals surface area contributed by atoms with E-state index in [1.54, 1.807) is 0 Å². The molecule has 116 valence electrons. The second-order valence-corrected chi connectivity index (χ2v) is 6.07. The van der Waals surface area contributed by atoms with Gasteiger partial charge in [0.1, 0.15) is 0 Å². The summed E-state index contributed by atoms with van der Waals surface area (Å²) in [6.07, 6.45) is 1.47. The molecule has 0 saturated carbocycles. The summed E-state index contributed by atoms with van der Waals surface area (Å²) in [4.78, 5) is 0. The Labute approximate surface area is 130 Å². The Morgan fingerprint density at radius 2 is 1.95 bits per heavy atom. The Morgan fingerprint density at radius 1 is 1.29 bits per heavy atom. The van der Waals surface area contributed by atoms with Crippen molar-refractivity contribution in [1.29, 1.82) is 0 Å². The van der Waals surface area contributed by atoms with Crippen LogP contribution in [-0.4, -0.2) is 24.7 Å². The molecular formula is C13H19ClN4O2S. The Balaban J connectivity index is 0.00000220. The van der Waals surface area contributed by atoms with E-state index >= 15 is 0 Å². The molecule has 0 radical (unpaired) electrons. The van der Waals surface area contributed by atoms with Crippen molar-refractivity contribution in [1.82, 2.24) is 14.5 Å². The molecule has 0 fully saturated rings. The molecule has 2 rings (SSSR count). The van der Waals surface area contributed by atoms with Gasteiger partial charge >= 0.3 is 0 Å². The lowest BCUT2D eigenvalue weighted by molar-refractivity contribution is 0.538. The summed E-state index contributed by atoms with van der Waals surface area (Å²) in [7, 11) is -3.59. The number of hydrogen-bond acceptors (Lipinski definition) is 4. The smallest absolute Gasteiger partial charge is 0.257 e. The van der Waals surface area contributed by atoms with E-state index in [1.807, 2.05) is 37.3 Å². The average Bonchev–Trinajstić information content (AvgIpc) is 2.95. The molecule has 1 aromatic heterocycles. The molecule has 6 nitrogen and oxygen atoms in total. The predicted molar refractivity (Wildman–Crippen MR) is 83.7 cm³/mol. The maximum absolute atomic E-state index is 12.2. The third kappa shape index (κ3) is 4.28. The highest BCUT2D eigenvalue weighted by Gasteiger charge is 2.19. The fraction of sp³-hybridized carbons (Fsp3) is 0.308. The number of halogens is 1. The van der Waals surface area contributed by atoms with Crippen molar-refractivity contribution < 1.29 is 8.42 Å². The fourth-order valence-corrected chi connectivity index (χ4v) is 3.12. The van der Waals surface area contributed by atoms with Crippen LogP contribution in [0.5, 0.6) is 0 Å². The molecule has 0 saturated heterocycles. The Morgan fingerprint density at radius 3 is 2.57 bits per heavy atom. The predicted octanol–water partition coefficient (Wildman–Crippen LogP) is 1.30. The van der Waals surface area contributed by atoms with Crippen LogP contribution in [0, 0.1) is 0 Å². The van der Waals surface area contributed by atoms with Crippen molar-refractivity contribution in [3.63, 3.8) is 0 Å². The molecule has 3 N–H and O–H groups in total. The van der Waals surface area contributed by atoms with Gasteiger partial charge in [-0.25, -0.2) is 13.1 Å². The molecule has 0 spiro atoms. The van der Waals surface area contributed by atoms with Crippen molar-refractivity contribution in [2.45, 2.75) is 24.5 Å². The van der Waals surface area contributed by atoms with E-state index in [1.165, 1.54) is 16.9 Å². The normalized spacial score (nSPS) is 12.7. The van der Waals surface area contributed by atoms with Crippen LogP contribution >= 0.6 is 12.4 Å². The molecule has 21 heavy (non-hydrogen) atoms. The molecule has 0 aliphatic heterocycles. The first-order valence-corrected chi connectivity index (χ1v) is 7.85. The number of aromatic nitrogens is 2. The number of nitrogens with one attached hydrogen (secondary N) is 1. The van der Waals surface area contributed by atoms with E-state index in [0.29, 0.717) is 6.54 Å². The van der Waals surface area contributed by atoms with Gasteiger partial charge in [-0.2, -0.15) is 5.10 Å². The highest BCUT2D eigenvalue weighted by atomic mass is 35.5. The Kier molecular flexibility index (Phi) is 6.35. The van der Waals surface area contributed by atoms with Crippen LogP contribution in [0.25, 0.3) is 0 Å². The quantitative estimate of drug-likeness (QED) is 0.835. The van der Waals surface area contributed by atoms with Gasteiger partial charge in [0, 0.05) is 19.1 Å². The molecule has 1 heterocycles. The second kappa shape index (κ2) is 7.56. The third-order valence-corrected chi connectivity index (χ3v) is 4.42. The first-order chi connectivity index (χ1) is 9.54. The molecule has 1 aromatic carbocycles. The summed E-state index contributed by atoms with van der Waals surface area (Å²) in [6.45, 7) is 2.47. The van der Waals surface area contributed by atoms with E-state index in [9.17, 15) is 8.42 Å². The van der Waals surface area contributed by atoms with Crippen molar-refractivity contribution in [3.8, 4) is 0 Å². The van der Waals surface area contributed by atoms with Crippen molar-refractivity contribution >= 4 is 22.4 Å². The first kappa shape index (κ1) is 17.6. The molecule has 0 amide bonds. The zero-order chi connectivity index (χ0) is 14.6. The topological polar surface area (TPSA) is 90.0 Å². The van der Waals surface area contributed by atoms with Gasteiger partial charge in [-0.15, -0.1) is 12.4 Å². The lowest BCUT2D eigenvalue weighted by Crippen LogP contribution is -2.33. The molecule has 0 bridgehead atoms. The highest BCUT2D eigenvalue weighted by molar-refractivity contribution is 7.89. The van der Waals surface area contributed by atoms with Crippen LogP contribution < -0.4 is 10.5 Å². The van der Waals surface area contributed by atoms with E-state index in [4.69, 9.17) is 5.73 Å². The van der Waals surface area contributed by atoms with Gasteiger partial charge < -0.3 is 5.73 Å². The Hall–Kier alpha value is -1.41. The number of rotatable bonds is 6. The van der Waals surface area contributed by atoms with Gasteiger partial charge in [0.15, 0.2) is 5.03 Å². The fourth-order valence-electron chi connectivity index (χ4n) is 1.88. The number of aryl methyl sites for hydroxylation is 1. The summed E-state index contributed by atoms with van der Waals surface area (Å²) >= 11 is 0. The van der Waals surface area contributed by atoms with Gasteiger partial charge in [-0.1, -0.05) is 30.3 Å². The van der Waals surface area contributed by atoms with Crippen LogP contribution in [0.15, 0.2) is 47.6 Å². The average molecular weight is 331 g/mol. The lowest BCUT2D eigenvalue weighted by atomic mass is 10.1. The van der Waals surface area contributed by atoms with Crippen LogP contribution in [0.4, 0.5) is 0 Å². The van der Waals surface area contributed by atoms with Gasteiger partial charge in [0.25, 0.3) is 10.0 Å². The summed E-state index contributed by atoms with van der Waals surface area (Å²) < 4.78 is 28.3. The maximum Gasteiger partial charge on any atom is 0.257 e. The van der Waals surface area contributed by atoms with Crippen LogP contribution in [0.2, 0.25) is 0 Å². The molecule has 2 aromatic rings. The van der Waals surface area contributed by atoms with Crippen LogP contribution in [0.1, 0.15) is 18.5 Å². The molecule has 0 aliphatic rings. The SMILES string of the molecule is CCn1nccc1S(=O)(=O)NCC(N)c1ccccc1.Cl. The lowest BCUT2D eigenvalue weighted by Gasteiger charge is -2.13. The first-order valence-electron chi connectivity index (χ1n) is 6.36. The maximum atomic E-state index is 12.2. The van der Waals surface area contributed by atoms with E-state index in [-0.39, 0.29) is 30.0 Å². The standard InChI is InChI=1S/C13H18N4O2S.ClH/c1-2-17-13(8-9-15-17)20(18,19)16-10-12(14)11-6-4-3-5-7-11;/h3-9,12,16H,2,10,14H2,1H3;1H. The number of nitrogens with two attached hydrogens (primary N) is 1. The van der Waals surface area contributed by atoms with E-state index < -0.39 is 10.0 Å². The summed E-state index contributed by atoms with van der Waals surface area (Å²) in [6, 6.07) is 10.5. The summed E-state index contributed by atoms with van der Waals surface area (Å²) in [5, 5.41) is 4.11. The molecular weight excluding hydrogens is 312 g/mol. The minimum Gasteiger partial charge on any atom is -0.323 e. The number of hydrogen-bond donors (Lipinski definition) is 2. The van der Waals surface area contributed by atoms with Crippen molar-refractivity contribution in [2.24, 2.45) is 5.73 Å². The highest BCUT2D eigenvalue weighted by Crippen LogP contribution is 2.11. The van der Waals surface area contributed by atoms with Crippen LogP contribution in [0.3, 0.4) is 0 Å². The second-order valence-electron chi connectivity index (χ2n) is 4.35. The largest absolute Gasteiger partial charge is 0.323 e. The zero-order valence-electron chi connectivity index (χ0n) is 11.6. The van der Waals surface area contributed by atoms with Crippen molar-refractivity contribution in [2.75, 3.05) is 6.54 Å². The third-order valence-electron chi connectivity index (χ3n) is 2.97. The molecule has 1 unspecified atom stereocenters. The number of benzene rings is 1. The van der Waals surface area contributed by atoms with Crippen molar-refractivity contribution in [3.05, 3.63) is 48.2 Å². The molecule has 8 heteroatoms. The van der Waals surface area contributed by atoms with Gasteiger partial charge in [0.2, 0.25) is 0 Å². The summed E-state index contributed by atoms with van der Waals surface area (Å²) in [5.74, 6) is 0. The van der Waals surface area contributed by atoms with Gasteiger partial charge in [-0.05, 0) is 18.6 Å². The van der Waals surface area contributed by atoms with Gasteiger partial charge in [0.05, 0.1) is 6.20 Å². The Bertz CT molecular complexity index is 658. The number of sulfonamides is 1. The zero-order valence-corrected chi connectivity index (χ0v) is 13.3. The minimum absolute atomic E-state index is 0. The number of nitrogens with zero attached hydrogens (tertiary/aromatic N) is 2.